The van der Waals surface area contributed by atoms with Gasteiger partial charge in [0.25, 0.3) is 5.91 Å². The van der Waals surface area contributed by atoms with Crippen molar-refractivity contribution in [1.82, 2.24) is 0 Å². The maximum atomic E-state index is 12.3. The molecule has 0 aliphatic rings. The summed E-state index contributed by atoms with van der Waals surface area (Å²) < 4.78 is 6.14. The van der Waals surface area contributed by atoms with E-state index in [1.54, 1.807) is 18.2 Å². The lowest BCUT2D eigenvalue weighted by Crippen LogP contribution is -2.14. The van der Waals surface area contributed by atoms with Crippen molar-refractivity contribution in [1.29, 1.82) is 5.26 Å². The smallest absolute Gasteiger partial charge is 0.266 e. The Labute approximate surface area is 151 Å². The molecule has 2 aromatic rings. The molecule has 2 rings (SSSR count). The highest BCUT2D eigenvalue weighted by Crippen LogP contribution is 2.31. The Bertz CT molecular complexity index is 824. The van der Waals surface area contributed by atoms with Gasteiger partial charge in [0.15, 0.2) is 0 Å². The van der Waals surface area contributed by atoms with Crippen molar-refractivity contribution in [3.8, 4) is 11.8 Å². The summed E-state index contributed by atoms with van der Waals surface area (Å²) in [5.41, 5.74) is 1.27. The number of nitrogens with one attached hydrogen (secondary N) is 1. The van der Waals surface area contributed by atoms with Crippen LogP contribution < -0.4 is 10.1 Å². The summed E-state index contributed by atoms with van der Waals surface area (Å²) in [5.74, 6) is -0.0675. The minimum absolute atomic E-state index is 0.00834. The molecule has 1 amide bonds. The number of hydrogen-bond acceptors (Lipinski definition) is 4. The fourth-order valence-electron chi connectivity index (χ4n) is 1.82. The number of nitrogens with zero attached hydrogens (tertiary/aromatic N) is 1. The van der Waals surface area contributed by atoms with E-state index in [0.717, 1.165) is 14.2 Å². The molecule has 0 bridgehead atoms. The van der Waals surface area contributed by atoms with Crippen LogP contribution in [0.2, 0.25) is 5.02 Å². The van der Waals surface area contributed by atoms with E-state index in [2.05, 4.69) is 21.2 Å². The van der Waals surface area contributed by atoms with Crippen LogP contribution in [0.3, 0.4) is 0 Å². The monoisotopic (exact) mass is 410 g/mol. The molecule has 0 aliphatic heterocycles. The molecule has 1 aromatic heterocycles. The predicted octanol–water partition coefficient (Wildman–Crippen LogP) is 5.03. The van der Waals surface area contributed by atoms with Crippen molar-refractivity contribution in [2.24, 2.45) is 0 Å². The number of hydrogen-bond donors (Lipinski definition) is 1. The molecule has 4 nitrogen and oxygen atoms in total. The highest BCUT2D eigenvalue weighted by atomic mass is 79.9. The van der Waals surface area contributed by atoms with Crippen LogP contribution in [0.15, 0.2) is 33.6 Å². The third-order valence-electron chi connectivity index (χ3n) is 2.97. The van der Waals surface area contributed by atoms with Crippen LogP contribution in [0.25, 0.3) is 6.08 Å². The van der Waals surface area contributed by atoms with Gasteiger partial charge >= 0.3 is 0 Å². The summed E-state index contributed by atoms with van der Waals surface area (Å²) in [6.07, 6.45) is 1.54. The van der Waals surface area contributed by atoms with Crippen molar-refractivity contribution in [2.45, 2.75) is 6.92 Å². The van der Waals surface area contributed by atoms with Crippen LogP contribution in [-0.4, -0.2) is 13.0 Å². The van der Waals surface area contributed by atoms with Crippen molar-refractivity contribution in [2.75, 3.05) is 12.4 Å². The second-order valence-corrected chi connectivity index (χ2v) is 7.47. The molecule has 0 atom stereocenters. The molecule has 0 fully saturated rings. The number of nitriles is 1. The normalized spacial score (nSPS) is 11.0. The highest BCUT2D eigenvalue weighted by Gasteiger charge is 2.14. The molecule has 1 heterocycles. The van der Waals surface area contributed by atoms with Gasteiger partial charge in [0, 0.05) is 16.0 Å². The summed E-state index contributed by atoms with van der Waals surface area (Å²) >= 11 is 10.8. The summed E-state index contributed by atoms with van der Waals surface area (Å²) in [5, 5.41) is 12.5. The maximum absolute atomic E-state index is 12.3. The molecule has 7 heteroatoms. The van der Waals surface area contributed by atoms with Crippen LogP contribution in [-0.2, 0) is 4.79 Å². The molecular formula is C16H12BrClN2O2S. The Morgan fingerprint density at radius 2 is 2.22 bits per heavy atom. The Morgan fingerprint density at radius 3 is 2.78 bits per heavy atom. The zero-order valence-electron chi connectivity index (χ0n) is 12.3. The van der Waals surface area contributed by atoms with Gasteiger partial charge in [-0.1, -0.05) is 11.6 Å². The second-order valence-electron chi connectivity index (χ2n) is 4.57. The number of carbonyl (C=O) groups is 1. The Morgan fingerprint density at radius 1 is 1.48 bits per heavy atom. The minimum Gasteiger partial charge on any atom is -0.495 e. The maximum Gasteiger partial charge on any atom is 0.266 e. The number of ether oxygens (including phenoxy) is 1. The van der Waals surface area contributed by atoms with Gasteiger partial charge in [-0.2, -0.15) is 5.26 Å². The third kappa shape index (κ3) is 4.35. The zero-order chi connectivity index (χ0) is 17.0. The first-order valence-electron chi connectivity index (χ1n) is 6.47. The predicted molar refractivity (Wildman–Crippen MR) is 97.0 cm³/mol. The van der Waals surface area contributed by atoms with Crippen molar-refractivity contribution < 1.29 is 9.53 Å². The van der Waals surface area contributed by atoms with Crippen molar-refractivity contribution in [3.05, 3.63) is 49.1 Å². The first-order valence-corrected chi connectivity index (χ1v) is 8.46. The van der Waals surface area contributed by atoms with Crippen LogP contribution in [0, 0.1) is 18.3 Å². The molecule has 1 aromatic carbocycles. The summed E-state index contributed by atoms with van der Waals surface area (Å²) in [6, 6.07) is 8.93. The quantitative estimate of drug-likeness (QED) is 0.567. The van der Waals surface area contributed by atoms with Gasteiger partial charge in [0.05, 0.1) is 16.6 Å². The Balaban J connectivity index is 2.29. The molecule has 118 valence electrons. The Kier molecular flexibility index (Phi) is 5.83. The molecule has 0 saturated carbocycles. The van der Waals surface area contributed by atoms with Crippen LogP contribution >= 0.6 is 38.9 Å². The SMILES string of the molecule is COc1cc(Cl)c(C)cc1NC(=O)/C(C#N)=C/c1ccc(Br)s1. The summed E-state index contributed by atoms with van der Waals surface area (Å²) in [6.45, 7) is 1.82. The van der Waals surface area contributed by atoms with Gasteiger partial charge < -0.3 is 10.1 Å². The van der Waals surface area contributed by atoms with Gasteiger partial charge in [-0.05, 0) is 52.7 Å². The molecule has 0 unspecified atom stereocenters. The number of rotatable bonds is 4. The van der Waals surface area contributed by atoms with Crippen LogP contribution in [0.4, 0.5) is 5.69 Å². The van der Waals surface area contributed by atoms with Crippen LogP contribution in [0.5, 0.6) is 5.75 Å². The third-order valence-corrected chi connectivity index (χ3v) is 4.95. The van der Waals surface area contributed by atoms with E-state index in [0.29, 0.717) is 16.5 Å². The van der Waals surface area contributed by atoms with Gasteiger partial charge in [0.1, 0.15) is 17.4 Å². The average molecular weight is 412 g/mol. The lowest BCUT2D eigenvalue weighted by molar-refractivity contribution is -0.112. The fraction of sp³-hybridized carbons (Fsp3) is 0.125. The molecule has 0 saturated heterocycles. The number of methoxy groups -OCH3 is 1. The molecular weight excluding hydrogens is 400 g/mol. The molecule has 0 aliphatic carbocycles. The topological polar surface area (TPSA) is 62.1 Å². The number of carbonyl (C=O) groups excluding carboxylic acids is 1. The van der Waals surface area contributed by atoms with Crippen molar-refractivity contribution in [3.63, 3.8) is 0 Å². The van der Waals surface area contributed by atoms with Crippen molar-refractivity contribution >= 4 is 56.5 Å². The number of halogens is 2. The van der Waals surface area contributed by atoms with E-state index in [1.807, 2.05) is 25.1 Å². The van der Waals surface area contributed by atoms with Gasteiger partial charge in [-0.3, -0.25) is 4.79 Å². The average Bonchev–Trinajstić information content (AvgIpc) is 2.93. The van der Waals surface area contributed by atoms with Gasteiger partial charge in [-0.25, -0.2) is 0 Å². The number of thiophene rings is 1. The number of benzene rings is 1. The highest BCUT2D eigenvalue weighted by molar-refractivity contribution is 9.11. The largest absolute Gasteiger partial charge is 0.495 e. The van der Waals surface area contributed by atoms with Gasteiger partial charge in [-0.15, -0.1) is 11.3 Å². The standard InChI is InChI=1S/C16H12BrClN2O2S/c1-9-5-13(14(22-2)7-12(9)18)20-16(21)10(8-19)6-11-3-4-15(17)23-11/h3-7H,1-2H3,(H,20,21)/b10-6+. The molecule has 23 heavy (non-hydrogen) atoms. The number of amides is 1. The first kappa shape index (κ1) is 17.5. The fourth-order valence-corrected chi connectivity index (χ4v) is 3.34. The number of anilines is 1. The first-order chi connectivity index (χ1) is 10.9. The lowest BCUT2D eigenvalue weighted by Gasteiger charge is -2.11. The Hall–Kier alpha value is -1.81. The van der Waals surface area contributed by atoms with E-state index in [9.17, 15) is 10.1 Å². The minimum atomic E-state index is -0.503. The van der Waals surface area contributed by atoms with E-state index >= 15 is 0 Å². The van der Waals surface area contributed by atoms with E-state index in [-0.39, 0.29) is 5.57 Å². The number of aryl methyl sites for hydroxylation is 1. The lowest BCUT2D eigenvalue weighted by atomic mass is 10.2. The van der Waals surface area contributed by atoms with E-state index in [1.165, 1.54) is 18.4 Å². The second kappa shape index (κ2) is 7.64. The molecule has 0 spiro atoms. The summed E-state index contributed by atoms with van der Waals surface area (Å²) in [7, 11) is 1.49. The zero-order valence-corrected chi connectivity index (χ0v) is 15.5. The molecule has 0 radical (unpaired) electrons. The molecule has 1 N–H and O–H groups in total. The summed E-state index contributed by atoms with van der Waals surface area (Å²) in [4.78, 5) is 13.1. The van der Waals surface area contributed by atoms with E-state index < -0.39 is 5.91 Å². The van der Waals surface area contributed by atoms with Crippen LogP contribution in [0.1, 0.15) is 10.4 Å². The van der Waals surface area contributed by atoms with Gasteiger partial charge in [0.2, 0.25) is 0 Å². The van der Waals surface area contributed by atoms with E-state index in [4.69, 9.17) is 16.3 Å².